The van der Waals surface area contributed by atoms with E-state index in [0.29, 0.717) is 35.6 Å². The van der Waals surface area contributed by atoms with Gasteiger partial charge in [0.2, 0.25) is 0 Å². The van der Waals surface area contributed by atoms with Gasteiger partial charge in [-0.3, -0.25) is 4.99 Å². The van der Waals surface area contributed by atoms with Gasteiger partial charge in [0.1, 0.15) is 5.82 Å². The molecular formula is C13H17ClFN3. The first kappa shape index (κ1) is 13.1. The molecule has 1 aliphatic carbocycles. The van der Waals surface area contributed by atoms with E-state index in [-0.39, 0.29) is 5.82 Å². The molecule has 0 amide bonds. The maximum atomic E-state index is 13.5. The zero-order chi connectivity index (χ0) is 13.1. The van der Waals surface area contributed by atoms with Crippen LogP contribution in [0.1, 0.15) is 18.4 Å². The van der Waals surface area contributed by atoms with Gasteiger partial charge in [-0.2, -0.15) is 0 Å². The van der Waals surface area contributed by atoms with Crippen LogP contribution < -0.4 is 5.73 Å². The maximum Gasteiger partial charge on any atom is 0.191 e. The predicted octanol–water partition coefficient (Wildman–Crippen LogP) is 2.43. The molecule has 1 aromatic carbocycles. The van der Waals surface area contributed by atoms with Crippen molar-refractivity contribution in [2.75, 3.05) is 13.6 Å². The van der Waals surface area contributed by atoms with Gasteiger partial charge >= 0.3 is 0 Å². The molecule has 0 atom stereocenters. The minimum Gasteiger partial charge on any atom is -0.370 e. The summed E-state index contributed by atoms with van der Waals surface area (Å²) in [4.78, 5) is 6.23. The van der Waals surface area contributed by atoms with Crippen molar-refractivity contribution < 1.29 is 4.39 Å². The third-order valence-electron chi connectivity index (χ3n) is 3.15. The summed E-state index contributed by atoms with van der Waals surface area (Å²) in [5.41, 5.74) is 6.35. The largest absolute Gasteiger partial charge is 0.370 e. The van der Waals surface area contributed by atoms with Crippen molar-refractivity contribution >= 4 is 17.6 Å². The Hall–Kier alpha value is -1.29. The van der Waals surface area contributed by atoms with Crippen LogP contribution in [0.2, 0.25) is 5.02 Å². The second-order valence-electron chi connectivity index (χ2n) is 4.53. The second kappa shape index (κ2) is 5.57. The number of hydrogen-bond donors (Lipinski definition) is 1. The molecule has 1 saturated carbocycles. The molecule has 0 heterocycles. The number of aliphatic imine (C=N–C) groups is 1. The smallest absolute Gasteiger partial charge is 0.191 e. The van der Waals surface area contributed by atoms with Crippen LogP contribution in [-0.4, -0.2) is 30.5 Å². The topological polar surface area (TPSA) is 41.6 Å². The van der Waals surface area contributed by atoms with Crippen molar-refractivity contribution in [3.63, 3.8) is 0 Å². The Labute approximate surface area is 111 Å². The molecule has 0 aliphatic heterocycles. The van der Waals surface area contributed by atoms with Crippen molar-refractivity contribution in [3.8, 4) is 0 Å². The van der Waals surface area contributed by atoms with E-state index in [1.807, 2.05) is 11.9 Å². The van der Waals surface area contributed by atoms with E-state index < -0.39 is 0 Å². The van der Waals surface area contributed by atoms with Gasteiger partial charge in [0.05, 0.1) is 0 Å². The first-order valence-electron chi connectivity index (χ1n) is 6.05. The van der Waals surface area contributed by atoms with E-state index in [0.717, 1.165) is 0 Å². The predicted molar refractivity (Wildman–Crippen MR) is 72.4 cm³/mol. The quantitative estimate of drug-likeness (QED) is 0.674. The van der Waals surface area contributed by atoms with Crippen LogP contribution in [-0.2, 0) is 6.42 Å². The maximum absolute atomic E-state index is 13.5. The first-order valence-corrected chi connectivity index (χ1v) is 6.43. The second-order valence-corrected chi connectivity index (χ2v) is 4.94. The summed E-state index contributed by atoms with van der Waals surface area (Å²) < 4.78 is 13.5. The molecule has 0 aromatic heterocycles. The molecule has 98 valence electrons. The molecule has 2 rings (SSSR count). The van der Waals surface area contributed by atoms with Crippen LogP contribution >= 0.6 is 11.6 Å². The molecule has 1 aliphatic rings. The average Bonchev–Trinajstić information content (AvgIpc) is 3.16. The molecular weight excluding hydrogens is 253 g/mol. The molecule has 0 saturated heterocycles. The summed E-state index contributed by atoms with van der Waals surface area (Å²) in [6, 6.07) is 5.22. The lowest BCUT2D eigenvalue weighted by atomic mass is 10.1. The van der Waals surface area contributed by atoms with Gasteiger partial charge in [-0.05, 0) is 31.4 Å². The fourth-order valence-corrected chi connectivity index (χ4v) is 2.07. The number of halogens is 2. The molecule has 1 fully saturated rings. The monoisotopic (exact) mass is 269 g/mol. The standard InChI is InChI=1S/C13H17ClFN3/c1-18(9-5-6-9)13(16)17-8-7-10-11(14)3-2-4-12(10)15/h2-4,9H,5-8H2,1H3,(H2,16,17). The van der Waals surface area contributed by atoms with Gasteiger partial charge < -0.3 is 10.6 Å². The van der Waals surface area contributed by atoms with Crippen LogP contribution in [0.15, 0.2) is 23.2 Å². The van der Waals surface area contributed by atoms with Crippen LogP contribution in [0.25, 0.3) is 0 Å². The highest BCUT2D eigenvalue weighted by Crippen LogP contribution is 2.25. The first-order chi connectivity index (χ1) is 8.59. The van der Waals surface area contributed by atoms with Crippen LogP contribution in [0.5, 0.6) is 0 Å². The zero-order valence-electron chi connectivity index (χ0n) is 10.4. The van der Waals surface area contributed by atoms with Gasteiger partial charge in [0.15, 0.2) is 5.96 Å². The lowest BCUT2D eigenvalue weighted by molar-refractivity contribution is 0.487. The molecule has 0 bridgehead atoms. The zero-order valence-corrected chi connectivity index (χ0v) is 11.1. The lowest BCUT2D eigenvalue weighted by Gasteiger charge is -2.16. The molecule has 5 heteroatoms. The summed E-state index contributed by atoms with van der Waals surface area (Å²) in [5, 5.41) is 0.444. The molecule has 18 heavy (non-hydrogen) atoms. The molecule has 0 spiro atoms. The van der Waals surface area contributed by atoms with Crippen molar-refractivity contribution in [1.82, 2.24) is 4.90 Å². The van der Waals surface area contributed by atoms with Crippen molar-refractivity contribution in [2.45, 2.75) is 25.3 Å². The lowest BCUT2D eigenvalue weighted by Crippen LogP contribution is -2.35. The molecule has 1 aromatic rings. The van der Waals surface area contributed by atoms with Crippen molar-refractivity contribution in [1.29, 1.82) is 0 Å². The number of nitrogens with zero attached hydrogens (tertiary/aromatic N) is 2. The van der Waals surface area contributed by atoms with E-state index in [1.54, 1.807) is 12.1 Å². The fraction of sp³-hybridized carbons (Fsp3) is 0.462. The number of benzene rings is 1. The van der Waals surface area contributed by atoms with Gasteiger partial charge in [-0.15, -0.1) is 0 Å². The number of hydrogen-bond acceptors (Lipinski definition) is 1. The number of nitrogens with two attached hydrogens (primary N) is 1. The Balaban J connectivity index is 1.93. The fourth-order valence-electron chi connectivity index (χ4n) is 1.81. The van der Waals surface area contributed by atoms with Gasteiger partial charge in [0.25, 0.3) is 0 Å². The average molecular weight is 270 g/mol. The summed E-state index contributed by atoms with van der Waals surface area (Å²) in [5.74, 6) is 0.233. The molecule has 2 N–H and O–H groups in total. The Bertz CT molecular complexity index is 437. The summed E-state index contributed by atoms with van der Waals surface area (Å²) in [6.07, 6.45) is 2.81. The highest BCUT2D eigenvalue weighted by atomic mass is 35.5. The third-order valence-corrected chi connectivity index (χ3v) is 3.51. The molecule has 3 nitrogen and oxygen atoms in total. The minimum absolute atomic E-state index is 0.285. The normalized spacial score (nSPS) is 15.8. The van der Waals surface area contributed by atoms with E-state index in [9.17, 15) is 4.39 Å². The highest BCUT2D eigenvalue weighted by molar-refractivity contribution is 6.31. The van der Waals surface area contributed by atoms with Crippen LogP contribution in [0.3, 0.4) is 0 Å². The van der Waals surface area contributed by atoms with E-state index in [4.69, 9.17) is 17.3 Å². The minimum atomic E-state index is -0.285. The summed E-state index contributed by atoms with van der Waals surface area (Å²) in [7, 11) is 1.94. The molecule has 0 unspecified atom stereocenters. The Morgan fingerprint density at radius 1 is 1.56 bits per heavy atom. The van der Waals surface area contributed by atoms with Crippen molar-refractivity contribution in [3.05, 3.63) is 34.6 Å². The van der Waals surface area contributed by atoms with Crippen LogP contribution in [0, 0.1) is 5.82 Å². The van der Waals surface area contributed by atoms with E-state index in [1.165, 1.54) is 18.9 Å². The highest BCUT2D eigenvalue weighted by Gasteiger charge is 2.27. The van der Waals surface area contributed by atoms with Crippen molar-refractivity contribution in [2.24, 2.45) is 10.7 Å². The Morgan fingerprint density at radius 3 is 2.89 bits per heavy atom. The van der Waals surface area contributed by atoms with Gasteiger partial charge in [0, 0.05) is 30.2 Å². The number of rotatable bonds is 4. The summed E-state index contributed by atoms with van der Waals surface area (Å²) in [6.45, 7) is 0.448. The van der Waals surface area contributed by atoms with E-state index >= 15 is 0 Å². The summed E-state index contributed by atoms with van der Waals surface area (Å²) >= 11 is 5.94. The Morgan fingerprint density at radius 2 is 2.28 bits per heavy atom. The van der Waals surface area contributed by atoms with Crippen LogP contribution in [0.4, 0.5) is 4.39 Å². The SMILES string of the molecule is CN(C(N)=NCCc1c(F)cccc1Cl)C1CC1. The van der Waals surface area contributed by atoms with Gasteiger partial charge in [-0.25, -0.2) is 4.39 Å². The number of guanidine groups is 1. The third kappa shape index (κ3) is 3.13. The van der Waals surface area contributed by atoms with Gasteiger partial charge in [-0.1, -0.05) is 17.7 Å². The Kier molecular flexibility index (Phi) is 4.07. The van der Waals surface area contributed by atoms with E-state index in [2.05, 4.69) is 4.99 Å². The molecule has 0 radical (unpaired) electrons.